The van der Waals surface area contributed by atoms with Crippen molar-refractivity contribution in [2.75, 3.05) is 10.6 Å². The summed E-state index contributed by atoms with van der Waals surface area (Å²) in [5.74, 6) is 1.38. The third-order valence-corrected chi connectivity index (χ3v) is 4.74. The van der Waals surface area contributed by atoms with Crippen LogP contribution in [0.1, 0.15) is 36.9 Å². The van der Waals surface area contributed by atoms with Crippen LogP contribution < -0.4 is 16.0 Å². The highest BCUT2D eigenvalue weighted by molar-refractivity contribution is 5.62. The number of benzene rings is 2. The van der Waals surface area contributed by atoms with E-state index >= 15 is 0 Å². The molecule has 3 aromatic rings. The van der Waals surface area contributed by atoms with Crippen molar-refractivity contribution >= 4 is 23.1 Å². The number of aryl methyl sites for hydroxylation is 1. The van der Waals surface area contributed by atoms with E-state index in [-0.39, 0.29) is 0 Å². The molecule has 3 N–H and O–H groups in total. The van der Waals surface area contributed by atoms with Gasteiger partial charge in [-0.3, -0.25) is 0 Å². The maximum absolute atomic E-state index is 4.62. The molecule has 138 valence electrons. The van der Waals surface area contributed by atoms with E-state index in [2.05, 4.69) is 57.1 Å². The highest BCUT2D eigenvalue weighted by Gasteiger charge is 2.23. The second-order valence-corrected chi connectivity index (χ2v) is 7.13. The number of aromatic nitrogens is 2. The van der Waals surface area contributed by atoms with Crippen molar-refractivity contribution in [3.63, 3.8) is 0 Å². The number of anilines is 4. The van der Waals surface area contributed by atoms with E-state index in [1.54, 1.807) is 0 Å². The second kappa shape index (κ2) is 7.76. The standard InChI is InChI=1S/C22H25N5/c1-15-14-23-22(27-21(15)25-18-6-4-3-5-7-18)26-20-10-8-17(9-11-20)16(2)24-19-12-13-19/h3-11,14,16,19,24H,12-13H2,1-2H3,(H2,23,25,26,27). The minimum Gasteiger partial charge on any atom is -0.340 e. The summed E-state index contributed by atoms with van der Waals surface area (Å²) in [6, 6.07) is 19.6. The van der Waals surface area contributed by atoms with Crippen LogP contribution in [0.3, 0.4) is 0 Å². The number of hydrogen-bond donors (Lipinski definition) is 3. The lowest BCUT2D eigenvalue weighted by atomic mass is 10.1. The largest absolute Gasteiger partial charge is 0.340 e. The van der Waals surface area contributed by atoms with Crippen molar-refractivity contribution < 1.29 is 0 Å². The lowest BCUT2D eigenvalue weighted by Gasteiger charge is -2.14. The van der Waals surface area contributed by atoms with Crippen LogP contribution in [-0.2, 0) is 0 Å². The van der Waals surface area contributed by atoms with Gasteiger partial charge in [-0.2, -0.15) is 4.98 Å². The number of nitrogens with zero attached hydrogens (tertiary/aromatic N) is 2. The summed E-state index contributed by atoms with van der Waals surface area (Å²) < 4.78 is 0. The summed E-state index contributed by atoms with van der Waals surface area (Å²) in [5.41, 5.74) is 4.28. The minimum absolute atomic E-state index is 0.379. The van der Waals surface area contributed by atoms with Crippen LogP contribution in [0, 0.1) is 6.92 Å². The Morgan fingerprint density at radius 3 is 2.33 bits per heavy atom. The monoisotopic (exact) mass is 359 g/mol. The van der Waals surface area contributed by atoms with Gasteiger partial charge in [0, 0.05) is 35.2 Å². The van der Waals surface area contributed by atoms with Crippen LogP contribution in [0.2, 0.25) is 0 Å². The van der Waals surface area contributed by atoms with Gasteiger partial charge in [0.2, 0.25) is 5.95 Å². The van der Waals surface area contributed by atoms with Gasteiger partial charge in [0.15, 0.2) is 0 Å². The van der Waals surface area contributed by atoms with Gasteiger partial charge in [0.1, 0.15) is 5.82 Å². The van der Waals surface area contributed by atoms with E-state index in [1.807, 2.05) is 43.5 Å². The highest BCUT2D eigenvalue weighted by atomic mass is 15.1. The minimum atomic E-state index is 0.379. The molecule has 0 spiro atoms. The Labute approximate surface area is 160 Å². The first-order chi connectivity index (χ1) is 13.2. The third-order valence-electron chi connectivity index (χ3n) is 4.74. The Balaban J connectivity index is 1.45. The van der Waals surface area contributed by atoms with Gasteiger partial charge >= 0.3 is 0 Å². The molecule has 2 aromatic carbocycles. The topological polar surface area (TPSA) is 61.9 Å². The summed E-state index contributed by atoms with van der Waals surface area (Å²) in [7, 11) is 0. The van der Waals surface area contributed by atoms with Crippen LogP contribution >= 0.6 is 0 Å². The smallest absolute Gasteiger partial charge is 0.229 e. The maximum atomic E-state index is 4.62. The van der Waals surface area contributed by atoms with Gasteiger partial charge in [-0.05, 0) is 56.5 Å². The maximum Gasteiger partial charge on any atom is 0.229 e. The van der Waals surface area contributed by atoms with E-state index in [0.717, 1.165) is 22.8 Å². The summed E-state index contributed by atoms with van der Waals surface area (Å²) in [6.45, 7) is 4.21. The quantitative estimate of drug-likeness (QED) is 0.549. The normalized spacial score (nSPS) is 14.6. The Bertz CT molecular complexity index is 888. The molecular weight excluding hydrogens is 334 g/mol. The van der Waals surface area contributed by atoms with Crippen LogP contribution in [0.5, 0.6) is 0 Å². The highest BCUT2D eigenvalue weighted by Crippen LogP contribution is 2.25. The van der Waals surface area contributed by atoms with E-state index in [0.29, 0.717) is 18.0 Å². The van der Waals surface area contributed by atoms with Crippen LogP contribution in [-0.4, -0.2) is 16.0 Å². The first-order valence-electron chi connectivity index (χ1n) is 9.46. The van der Waals surface area contributed by atoms with Crippen molar-refractivity contribution in [1.29, 1.82) is 0 Å². The summed E-state index contributed by atoms with van der Waals surface area (Å²) in [6.07, 6.45) is 4.43. The molecule has 5 heteroatoms. The van der Waals surface area contributed by atoms with E-state index in [4.69, 9.17) is 0 Å². The predicted octanol–water partition coefficient (Wildman–Crippen LogP) is 5.09. The summed E-state index contributed by atoms with van der Waals surface area (Å²) in [5, 5.41) is 10.3. The molecule has 0 radical (unpaired) electrons. The van der Waals surface area contributed by atoms with Gasteiger partial charge in [0.25, 0.3) is 0 Å². The molecule has 1 aliphatic rings. The van der Waals surface area contributed by atoms with Crippen molar-refractivity contribution in [1.82, 2.24) is 15.3 Å². The molecule has 0 aliphatic heterocycles. The third kappa shape index (κ3) is 4.63. The molecule has 1 saturated carbocycles. The molecule has 0 bridgehead atoms. The fourth-order valence-electron chi connectivity index (χ4n) is 2.97. The number of rotatable bonds is 7. The molecule has 5 nitrogen and oxygen atoms in total. The molecule has 1 atom stereocenters. The molecular formula is C22H25N5. The fourth-order valence-corrected chi connectivity index (χ4v) is 2.97. The average Bonchev–Trinajstić information content (AvgIpc) is 3.50. The van der Waals surface area contributed by atoms with Gasteiger partial charge < -0.3 is 16.0 Å². The predicted molar refractivity (Wildman–Crippen MR) is 111 cm³/mol. The fraction of sp³-hybridized carbons (Fsp3) is 0.273. The van der Waals surface area contributed by atoms with Crippen molar-refractivity contribution in [2.45, 2.75) is 38.8 Å². The number of hydrogen-bond acceptors (Lipinski definition) is 5. The van der Waals surface area contributed by atoms with Crippen LogP contribution in [0.15, 0.2) is 60.8 Å². The van der Waals surface area contributed by atoms with Gasteiger partial charge in [-0.15, -0.1) is 0 Å². The van der Waals surface area contributed by atoms with Gasteiger partial charge in [-0.1, -0.05) is 30.3 Å². The summed E-state index contributed by atoms with van der Waals surface area (Å²) in [4.78, 5) is 9.03. The molecule has 1 unspecified atom stereocenters. The molecule has 1 aromatic heterocycles. The first-order valence-corrected chi connectivity index (χ1v) is 9.46. The van der Waals surface area contributed by atoms with Crippen molar-refractivity contribution in [3.8, 4) is 0 Å². The Morgan fingerprint density at radius 2 is 1.63 bits per heavy atom. The van der Waals surface area contributed by atoms with Gasteiger partial charge in [0.05, 0.1) is 0 Å². The van der Waals surface area contributed by atoms with Crippen molar-refractivity contribution in [3.05, 3.63) is 71.9 Å². The number of nitrogens with one attached hydrogen (secondary N) is 3. The average molecular weight is 359 g/mol. The lowest BCUT2D eigenvalue weighted by molar-refractivity contribution is 0.571. The Morgan fingerprint density at radius 1 is 0.926 bits per heavy atom. The SMILES string of the molecule is Cc1cnc(Nc2ccc(C(C)NC3CC3)cc2)nc1Nc1ccccc1. The van der Waals surface area contributed by atoms with E-state index in [1.165, 1.54) is 18.4 Å². The number of para-hydroxylation sites is 1. The van der Waals surface area contributed by atoms with Crippen molar-refractivity contribution in [2.24, 2.45) is 0 Å². The lowest BCUT2D eigenvalue weighted by Crippen LogP contribution is -2.20. The van der Waals surface area contributed by atoms with Crippen LogP contribution in [0.4, 0.5) is 23.1 Å². The second-order valence-electron chi connectivity index (χ2n) is 7.13. The molecule has 0 saturated heterocycles. The van der Waals surface area contributed by atoms with E-state index < -0.39 is 0 Å². The molecule has 1 aliphatic carbocycles. The van der Waals surface area contributed by atoms with Crippen LogP contribution in [0.25, 0.3) is 0 Å². The van der Waals surface area contributed by atoms with Gasteiger partial charge in [-0.25, -0.2) is 4.98 Å². The Hall–Kier alpha value is -2.92. The summed E-state index contributed by atoms with van der Waals surface area (Å²) >= 11 is 0. The zero-order valence-electron chi connectivity index (χ0n) is 15.7. The first kappa shape index (κ1) is 17.5. The zero-order valence-corrected chi connectivity index (χ0v) is 15.7. The molecule has 1 heterocycles. The molecule has 4 rings (SSSR count). The van der Waals surface area contributed by atoms with E-state index in [9.17, 15) is 0 Å². The Kier molecular flexibility index (Phi) is 5.03. The molecule has 1 fully saturated rings. The zero-order chi connectivity index (χ0) is 18.6. The molecule has 0 amide bonds. The molecule has 27 heavy (non-hydrogen) atoms.